The molecule has 4 aliphatic carbocycles. The van der Waals surface area contributed by atoms with Gasteiger partial charge in [0.1, 0.15) is 0 Å². The van der Waals surface area contributed by atoms with Crippen LogP contribution in [0.2, 0.25) is 0 Å². The molecule has 0 fully saturated rings. The first kappa shape index (κ1) is 27.1. The van der Waals surface area contributed by atoms with Crippen LogP contribution in [0, 0.1) is 0 Å². The summed E-state index contributed by atoms with van der Waals surface area (Å²) >= 11 is 0. The summed E-state index contributed by atoms with van der Waals surface area (Å²) in [6.07, 6.45) is 10.9. The van der Waals surface area contributed by atoms with E-state index in [-0.39, 0.29) is 0 Å². The van der Waals surface area contributed by atoms with Crippen molar-refractivity contribution in [1.82, 2.24) is 9.97 Å². The summed E-state index contributed by atoms with van der Waals surface area (Å²) in [5, 5.41) is 10.6. The Morgan fingerprint density at radius 2 is 0.923 bits per heavy atom. The Kier molecular flexibility index (Phi) is 4.99. The highest BCUT2D eigenvalue weighted by Crippen LogP contribution is 2.56. The van der Waals surface area contributed by atoms with Crippen molar-refractivity contribution in [2.45, 2.75) is 12.8 Å². The molecule has 0 radical (unpaired) electrons. The van der Waals surface area contributed by atoms with Crippen molar-refractivity contribution in [3.05, 3.63) is 179 Å². The maximum atomic E-state index is 5.19. The summed E-state index contributed by atoms with van der Waals surface area (Å²) in [6, 6.07) is 44.7. The zero-order chi connectivity index (χ0) is 33.7. The minimum atomic E-state index is 0.920. The number of pyridine rings is 2. The van der Waals surface area contributed by atoms with Gasteiger partial charge in [-0.15, -0.1) is 0 Å². The van der Waals surface area contributed by atoms with Crippen molar-refractivity contribution in [3.63, 3.8) is 0 Å². The molecule has 0 saturated carbocycles. The van der Waals surface area contributed by atoms with Crippen molar-refractivity contribution in [2.75, 3.05) is 0 Å². The number of hydrogen-bond donors (Lipinski definition) is 0. The maximum Gasteiger partial charge on any atom is 0.0787 e. The highest BCUT2D eigenvalue weighted by Gasteiger charge is 2.36. The smallest absolute Gasteiger partial charge is 0.0787 e. The molecule has 2 aromatic heterocycles. The zero-order valence-electron chi connectivity index (χ0n) is 28.2. The highest BCUT2D eigenvalue weighted by molar-refractivity contribution is 6.24. The Morgan fingerprint density at radius 1 is 0.385 bits per heavy atom. The fourth-order valence-corrected chi connectivity index (χ4v) is 10.1. The molecule has 2 nitrogen and oxygen atoms in total. The largest absolute Gasteiger partial charge is 0.255 e. The SMILES string of the molecule is C1=C2c3ncc(-c4cccc5ccccc45)cc3-c3ccc4c(c(c5c6c7c(ccc64)-c4ncc(-c6cccc8ccccc68)cc4C7=CC5)C1)c32. The Morgan fingerprint density at radius 3 is 1.60 bits per heavy atom. The van der Waals surface area contributed by atoms with E-state index in [1.54, 1.807) is 0 Å². The minimum absolute atomic E-state index is 0.920. The van der Waals surface area contributed by atoms with Crippen LogP contribution in [0.25, 0.3) is 98.9 Å². The molecule has 0 bridgehead atoms. The second-order valence-corrected chi connectivity index (χ2v) is 14.7. The molecule has 9 aromatic rings. The number of allylic oxidation sites excluding steroid dienone is 2. The summed E-state index contributed by atoms with van der Waals surface area (Å²) in [5.74, 6) is 0. The summed E-state index contributed by atoms with van der Waals surface area (Å²) in [4.78, 5) is 10.4. The van der Waals surface area contributed by atoms with E-state index in [4.69, 9.17) is 9.97 Å². The average Bonchev–Trinajstić information content (AvgIpc) is 3.71. The normalized spacial score (nSPS) is 14.2. The number of benzene rings is 7. The quantitative estimate of drug-likeness (QED) is 0.173. The average molecular weight is 657 g/mol. The minimum Gasteiger partial charge on any atom is -0.255 e. The van der Waals surface area contributed by atoms with E-state index in [0.29, 0.717) is 0 Å². The monoisotopic (exact) mass is 656 g/mol. The molecule has 0 amide bonds. The van der Waals surface area contributed by atoms with Crippen LogP contribution in [0.5, 0.6) is 0 Å². The van der Waals surface area contributed by atoms with Gasteiger partial charge in [0, 0.05) is 45.8 Å². The molecule has 0 aliphatic heterocycles. The van der Waals surface area contributed by atoms with Crippen molar-refractivity contribution >= 4 is 54.2 Å². The summed E-state index contributed by atoms with van der Waals surface area (Å²) in [7, 11) is 0. The Bertz CT molecular complexity index is 3220. The number of fused-ring (bicyclic) bond motifs is 10. The van der Waals surface area contributed by atoms with E-state index < -0.39 is 0 Å². The van der Waals surface area contributed by atoms with Gasteiger partial charge in [-0.25, -0.2) is 0 Å². The van der Waals surface area contributed by atoms with Gasteiger partial charge in [-0.1, -0.05) is 121 Å². The van der Waals surface area contributed by atoms with Gasteiger partial charge >= 0.3 is 0 Å². The fourth-order valence-electron chi connectivity index (χ4n) is 10.1. The first-order valence-electron chi connectivity index (χ1n) is 18.3. The number of aromatic nitrogens is 2. The van der Waals surface area contributed by atoms with Crippen LogP contribution < -0.4 is 0 Å². The van der Waals surface area contributed by atoms with E-state index in [0.717, 1.165) is 24.2 Å². The van der Waals surface area contributed by atoms with Gasteiger partial charge in [0.25, 0.3) is 0 Å². The van der Waals surface area contributed by atoms with E-state index >= 15 is 0 Å². The lowest BCUT2D eigenvalue weighted by atomic mass is 9.77. The van der Waals surface area contributed by atoms with Crippen LogP contribution in [0.1, 0.15) is 33.5 Å². The molecule has 0 unspecified atom stereocenters. The lowest BCUT2D eigenvalue weighted by molar-refractivity contribution is 1.17. The van der Waals surface area contributed by atoms with Crippen molar-refractivity contribution in [1.29, 1.82) is 0 Å². The molecule has 0 atom stereocenters. The lowest BCUT2D eigenvalue weighted by Crippen LogP contribution is -2.07. The Hall–Kier alpha value is -6.64. The molecule has 238 valence electrons. The first-order chi connectivity index (χ1) is 25.8. The molecule has 2 heterocycles. The lowest BCUT2D eigenvalue weighted by Gasteiger charge is -2.25. The zero-order valence-corrected chi connectivity index (χ0v) is 28.2. The second-order valence-electron chi connectivity index (χ2n) is 14.7. The van der Waals surface area contributed by atoms with E-state index in [2.05, 4.69) is 146 Å². The highest BCUT2D eigenvalue weighted by atomic mass is 14.7. The molecule has 0 N–H and O–H groups in total. The predicted octanol–water partition coefficient (Wildman–Crippen LogP) is 12.4. The van der Waals surface area contributed by atoms with Crippen molar-refractivity contribution < 1.29 is 0 Å². The van der Waals surface area contributed by atoms with Gasteiger partial charge in [-0.2, -0.15) is 0 Å². The fraction of sp³-hybridized carbons (Fsp3) is 0.0400. The van der Waals surface area contributed by atoms with Crippen molar-refractivity contribution in [3.8, 4) is 44.6 Å². The molecular weight excluding hydrogens is 629 g/mol. The predicted molar refractivity (Wildman–Crippen MR) is 215 cm³/mol. The number of rotatable bonds is 2. The first-order valence-corrected chi connectivity index (χ1v) is 18.3. The van der Waals surface area contributed by atoms with Crippen LogP contribution in [0.4, 0.5) is 0 Å². The van der Waals surface area contributed by atoms with Crippen LogP contribution >= 0.6 is 0 Å². The molecule has 13 rings (SSSR count). The van der Waals surface area contributed by atoms with Crippen LogP contribution in [0.15, 0.2) is 146 Å². The molecule has 7 aromatic carbocycles. The standard InChI is InChI=1S/C50H28N2/c1-3-11-31-27(7-1)9-5-13-33(31)29-23-43-39-17-15-35-38-20-22-42-48-40(18-16-36(46(38)48)37-19-21-41(47(39)45(35)37)49(43)51-25-29)44-24-30(26-52-50(42)44)34-14-6-10-28-8-2-4-12-32(28)34/h1-15,17-18,20-26H,16,19H2. The number of nitrogens with zero attached hydrogens (tertiary/aromatic N) is 2. The summed E-state index contributed by atoms with van der Waals surface area (Å²) < 4.78 is 0. The van der Waals surface area contributed by atoms with Crippen LogP contribution in [-0.4, -0.2) is 9.97 Å². The molecule has 0 spiro atoms. The van der Waals surface area contributed by atoms with Gasteiger partial charge in [-0.3, -0.25) is 9.97 Å². The third-order valence-electron chi connectivity index (χ3n) is 12.3. The molecule has 0 saturated heterocycles. The van der Waals surface area contributed by atoms with E-state index in [1.807, 2.05) is 0 Å². The molecule has 2 heteroatoms. The van der Waals surface area contributed by atoms with Crippen molar-refractivity contribution in [2.24, 2.45) is 0 Å². The summed E-state index contributed by atoms with van der Waals surface area (Å²) in [5.41, 5.74) is 20.4. The van der Waals surface area contributed by atoms with Gasteiger partial charge in [0.2, 0.25) is 0 Å². The summed E-state index contributed by atoms with van der Waals surface area (Å²) in [6.45, 7) is 0. The van der Waals surface area contributed by atoms with Crippen LogP contribution in [0.3, 0.4) is 0 Å². The maximum absolute atomic E-state index is 5.19. The second kappa shape index (κ2) is 9.57. The van der Waals surface area contributed by atoms with Gasteiger partial charge in [0.05, 0.1) is 11.4 Å². The molecular formula is C50H28N2. The number of hydrogen-bond acceptors (Lipinski definition) is 2. The topological polar surface area (TPSA) is 25.8 Å². The van der Waals surface area contributed by atoms with Crippen LogP contribution in [-0.2, 0) is 12.8 Å². The Balaban J connectivity index is 0.997. The molecule has 4 aliphatic rings. The van der Waals surface area contributed by atoms with Gasteiger partial charge in [-0.05, 0) is 113 Å². The molecule has 52 heavy (non-hydrogen) atoms. The third-order valence-corrected chi connectivity index (χ3v) is 12.3. The Labute approximate surface area is 300 Å². The third kappa shape index (κ3) is 3.31. The van der Waals surface area contributed by atoms with Gasteiger partial charge in [0.15, 0.2) is 0 Å². The van der Waals surface area contributed by atoms with Gasteiger partial charge < -0.3 is 0 Å². The van der Waals surface area contributed by atoms with E-state index in [9.17, 15) is 0 Å². The van der Waals surface area contributed by atoms with E-state index in [1.165, 1.54) is 121 Å².